The molecule has 1 aliphatic heterocycles. The van der Waals surface area contributed by atoms with Crippen molar-refractivity contribution in [2.24, 2.45) is 5.41 Å². The highest BCUT2D eigenvalue weighted by Crippen LogP contribution is 2.46. The average Bonchev–Trinajstić information content (AvgIpc) is 3.21. The zero-order valence-corrected chi connectivity index (χ0v) is 19.2. The first kappa shape index (κ1) is 22.8. The second kappa shape index (κ2) is 8.65. The van der Waals surface area contributed by atoms with E-state index in [0.29, 0.717) is 41.0 Å². The van der Waals surface area contributed by atoms with E-state index in [1.54, 1.807) is 28.9 Å². The molecule has 1 aromatic heterocycles. The van der Waals surface area contributed by atoms with Crippen LogP contribution in [0.4, 0.5) is 20.3 Å². The van der Waals surface area contributed by atoms with Crippen molar-refractivity contribution in [3.05, 3.63) is 83.2 Å². The molecule has 180 valence electrons. The molecule has 2 aliphatic rings. The second-order valence-electron chi connectivity index (χ2n) is 9.48. The van der Waals surface area contributed by atoms with E-state index in [-0.39, 0.29) is 22.9 Å². The van der Waals surface area contributed by atoms with Crippen LogP contribution in [-0.4, -0.2) is 28.1 Å². The number of anilines is 2. The molecule has 0 fully saturated rings. The summed E-state index contributed by atoms with van der Waals surface area (Å²) in [5.41, 5.74) is 2.71. The molecule has 2 aromatic carbocycles. The van der Waals surface area contributed by atoms with E-state index in [4.69, 9.17) is 0 Å². The van der Waals surface area contributed by atoms with Crippen LogP contribution in [0.25, 0.3) is 0 Å². The minimum absolute atomic E-state index is 0.0157. The number of carbonyl (C=O) groups excluding carboxylic acids is 2. The van der Waals surface area contributed by atoms with Gasteiger partial charge in [0.1, 0.15) is 23.2 Å². The fourth-order valence-corrected chi connectivity index (χ4v) is 4.74. The van der Waals surface area contributed by atoms with Gasteiger partial charge in [0.15, 0.2) is 5.78 Å². The van der Waals surface area contributed by atoms with Crippen LogP contribution < -0.4 is 15.4 Å². The lowest BCUT2D eigenvalue weighted by Gasteiger charge is -2.39. The highest BCUT2D eigenvalue weighted by molar-refractivity contribution is 6.08. The number of ketones is 1. The van der Waals surface area contributed by atoms with Crippen molar-refractivity contribution in [1.82, 2.24) is 9.78 Å². The van der Waals surface area contributed by atoms with E-state index in [1.807, 2.05) is 32.0 Å². The number of para-hydroxylation sites is 1. The number of hydrogen-bond acceptors (Lipinski definition) is 5. The molecule has 1 amide bonds. The number of nitrogens with one attached hydrogen (secondary N) is 2. The molecule has 2 heterocycles. The summed E-state index contributed by atoms with van der Waals surface area (Å²) in [4.78, 5) is 26.4. The fraction of sp³-hybridized carbons (Fsp3) is 0.269. The Hall–Kier alpha value is -4.01. The van der Waals surface area contributed by atoms with Gasteiger partial charge in [-0.25, -0.2) is 4.68 Å². The zero-order chi connectivity index (χ0) is 24.7. The SMILES string of the molecule is CC1(C)CC(=O)C2=C(C1)Nc1c(C(=O)Nc3ccccc3)cnn1C2c1ccc(OC(F)F)cc1. The lowest BCUT2D eigenvalue weighted by atomic mass is 9.73. The molecule has 3 aromatic rings. The number of ether oxygens (including phenoxy) is 1. The van der Waals surface area contributed by atoms with E-state index in [9.17, 15) is 18.4 Å². The highest BCUT2D eigenvalue weighted by atomic mass is 19.3. The van der Waals surface area contributed by atoms with Gasteiger partial charge in [0.05, 0.1) is 6.20 Å². The maximum atomic E-state index is 13.3. The highest BCUT2D eigenvalue weighted by Gasteiger charge is 2.42. The number of carbonyl (C=O) groups is 2. The Balaban J connectivity index is 1.57. The summed E-state index contributed by atoms with van der Waals surface area (Å²) in [5, 5.41) is 10.6. The number of nitrogens with zero attached hydrogens (tertiary/aromatic N) is 2. The molecule has 1 aliphatic carbocycles. The van der Waals surface area contributed by atoms with Crippen LogP contribution in [0.2, 0.25) is 0 Å². The van der Waals surface area contributed by atoms with Gasteiger partial charge in [0.2, 0.25) is 0 Å². The normalized spacial score (nSPS) is 18.5. The Morgan fingerprint density at radius 3 is 2.54 bits per heavy atom. The number of benzene rings is 2. The average molecular weight is 478 g/mol. The quantitative estimate of drug-likeness (QED) is 0.513. The van der Waals surface area contributed by atoms with E-state index in [1.165, 1.54) is 18.3 Å². The summed E-state index contributed by atoms with van der Waals surface area (Å²) in [6.45, 7) is 1.12. The molecule has 7 nitrogen and oxygen atoms in total. The lowest BCUT2D eigenvalue weighted by molar-refractivity contribution is -0.118. The molecule has 2 N–H and O–H groups in total. The van der Waals surface area contributed by atoms with Crippen molar-refractivity contribution in [3.63, 3.8) is 0 Å². The lowest BCUT2D eigenvalue weighted by Crippen LogP contribution is -2.37. The van der Waals surface area contributed by atoms with Gasteiger partial charge in [-0.1, -0.05) is 44.2 Å². The third-order valence-electron chi connectivity index (χ3n) is 6.20. The summed E-state index contributed by atoms with van der Waals surface area (Å²) in [7, 11) is 0. The van der Waals surface area contributed by atoms with Gasteiger partial charge < -0.3 is 15.4 Å². The van der Waals surface area contributed by atoms with Crippen LogP contribution in [0.1, 0.15) is 48.7 Å². The first-order valence-electron chi connectivity index (χ1n) is 11.2. The fourth-order valence-electron chi connectivity index (χ4n) is 4.74. The van der Waals surface area contributed by atoms with Crippen molar-refractivity contribution in [3.8, 4) is 5.75 Å². The monoisotopic (exact) mass is 478 g/mol. The molecular weight excluding hydrogens is 454 g/mol. The maximum Gasteiger partial charge on any atom is 0.387 e. The van der Waals surface area contributed by atoms with Gasteiger partial charge in [0.25, 0.3) is 5.91 Å². The smallest absolute Gasteiger partial charge is 0.387 e. The van der Waals surface area contributed by atoms with Gasteiger partial charge in [-0.05, 0) is 41.7 Å². The standard InChI is InChI=1S/C26H24F2N4O3/c1-26(2)12-19-21(20(33)13-26)22(15-8-10-17(11-9-15)35-25(27)28)32-23(31-19)18(14-29-32)24(34)30-16-6-4-3-5-7-16/h3-11,14,22,25,31H,12-13H2,1-2H3,(H,30,34). The van der Waals surface area contributed by atoms with Crippen LogP contribution in [0.5, 0.6) is 5.75 Å². The number of halogens is 2. The Bertz CT molecular complexity index is 1310. The molecule has 0 bridgehead atoms. The van der Waals surface area contributed by atoms with Crippen molar-refractivity contribution in [2.45, 2.75) is 39.3 Å². The molecule has 0 spiro atoms. The van der Waals surface area contributed by atoms with Crippen molar-refractivity contribution < 1.29 is 23.1 Å². The maximum absolute atomic E-state index is 13.3. The number of alkyl halides is 2. The molecule has 5 rings (SSSR count). The largest absolute Gasteiger partial charge is 0.435 e. The second-order valence-corrected chi connectivity index (χ2v) is 9.48. The zero-order valence-electron chi connectivity index (χ0n) is 19.2. The van der Waals surface area contributed by atoms with Crippen LogP contribution in [0.3, 0.4) is 0 Å². The van der Waals surface area contributed by atoms with E-state index in [0.717, 1.165) is 5.70 Å². The van der Waals surface area contributed by atoms with Gasteiger partial charge in [0, 0.05) is 23.4 Å². The van der Waals surface area contributed by atoms with Crippen molar-refractivity contribution >= 4 is 23.2 Å². The van der Waals surface area contributed by atoms with Crippen LogP contribution in [0, 0.1) is 5.41 Å². The molecule has 9 heteroatoms. The molecule has 35 heavy (non-hydrogen) atoms. The summed E-state index contributed by atoms with van der Waals surface area (Å²) < 4.78 is 31.3. The molecular formula is C26H24F2N4O3. The van der Waals surface area contributed by atoms with Gasteiger partial charge in [-0.3, -0.25) is 9.59 Å². The van der Waals surface area contributed by atoms with Crippen LogP contribution in [0.15, 0.2) is 72.1 Å². The van der Waals surface area contributed by atoms with Crippen LogP contribution >= 0.6 is 0 Å². The molecule has 0 saturated heterocycles. The molecule has 0 saturated carbocycles. The van der Waals surface area contributed by atoms with E-state index >= 15 is 0 Å². The van der Waals surface area contributed by atoms with E-state index in [2.05, 4.69) is 20.5 Å². The van der Waals surface area contributed by atoms with Crippen molar-refractivity contribution in [1.29, 1.82) is 0 Å². The number of aromatic nitrogens is 2. The predicted molar refractivity (Wildman–Crippen MR) is 127 cm³/mol. The number of fused-ring (bicyclic) bond motifs is 1. The number of rotatable bonds is 5. The van der Waals surface area contributed by atoms with Crippen LogP contribution in [-0.2, 0) is 4.79 Å². The third-order valence-corrected chi connectivity index (χ3v) is 6.20. The Morgan fingerprint density at radius 1 is 1.14 bits per heavy atom. The number of Topliss-reactive ketones (excluding diaryl/α,β-unsaturated/α-hetero) is 1. The van der Waals surface area contributed by atoms with Crippen molar-refractivity contribution in [2.75, 3.05) is 10.6 Å². The topological polar surface area (TPSA) is 85.3 Å². The summed E-state index contributed by atoms with van der Waals surface area (Å²) in [5.74, 6) is 0.139. The summed E-state index contributed by atoms with van der Waals surface area (Å²) in [6.07, 6.45) is 2.45. The molecule has 0 radical (unpaired) electrons. The first-order valence-corrected chi connectivity index (χ1v) is 11.2. The first-order chi connectivity index (χ1) is 16.7. The molecule has 1 unspecified atom stereocenters. The van der Waals surface area contributed by atoms with Gasteiger partial charge in [-0.2, -0.15) is 13.9 Å². The summed E-state index contributed by atoms with van der Waals surface area (Å²) in [6, 6.07) is 14.6. The Morgan fingerprint density at radius 2 is 1.86 bits per heavy atom. The van der Waals surface area contributed by atoms with Gasteiger partial charge in [-0.15, -0.1) is 0 Å². The predicted octanol–water partition coefficient (Wildman–Crippen LogP) is 5.39. The third kappa shape index (κ3) is 4.41. The molecule has 1 atom stereocenters. The van der Waals surface area contributed by atoms with Gasteiger partial charge >= 0.3 is 6.61 Å². The number of allylic oxidation sites excluding steroid dienone is 2. The minimum atomic E-state index is -2.93. The minimum Gasteiger partial charge on any atom is -0.435 e. The summed E-state index contributed by atoms with van der Waals surface area (Å²) >= 11 is 0. The number of amides is 1. The Labute approximate surface area is 200 Å². The number of hydrogen-bond donors (Lipinski definition) is 2. The Kier molecular flexibility index (Phi) is 5.62. The van der Waals surface area contributed by atoms with E-state index < -0.39 is 12.7 Å².